The standard InChI is InChI=1S/C10H9BrN2O5S/c11-6-8(14)3-4-19-10-2-1-7(12(15)16)5-9(10)13(17)18/h1-2,5H,3-4,6H2. The highest BCUT2D eigenvalue weighted by Gasteiger charge is 2.19. The van der Waals surface area contributed by atoms with Crippen molar-refractivity contribution in [3.8, 4) is 0 Å². The molecule has 0 saturated heterocycles. The summed E-state index contributed by atoms with van der Waals surface area (Å²) in [6, 6.07) is 3.47. The molecule has 1 rings (SSSR count). The minimum atomic E-state index is -0.685. The van der Waals surface area contributed by atoms with Crippen molar-refractivity contribution in [1.82, 2.24) is 0 Å². The lowest BCUT2D eigenvalue weighted by Crippen LogP contribution is -2.00. The average molecular weight is 349 g/mol. The minimum Gasteiger partial charge on any atom is -0.299 e. The highest BCUT2D eigenvalue weighted by Crippen LogP contribution is 2.32. The summed E-state index contributed by atoms with van der Waals surface area (Å²) in [5.74, 6) is 0.389. The van der Waals surface area contributed by atoms with Gasteiger partial charge in [0.15, 0.2) is 0 Å². The zero-order valence-corrected chi connectivity index (χ0v) is 12.0. The van der Waals surface area contributed by atoms with E-state index in [-0.39, 0.29) is 28.9 Å². The van der Waals surface area contributed by atoms with Gasteiger partial charge in [-0.3, -0.25) is 25.0 Å². The van der Waals surface area contributed by atoms with Gasteiger partial charge in [0, 0.05) is 18.2 Å². The van der Waals surface area contributed by atoms with Gasteiger partial charge in [-0.05, 0) is 6.07 Å². The molecule has 7 nitrogen and oxygen atoms in total. The van der Waals surface area contributed by atoms with Crippen molar-refractivity contribution in [2.75, 3.05) is 11.1 Å². The summed E-state index contributed by atoms with van der Waals surface area (Å²) in [5.41, 5.74) is -0.641. The van der Waals surface area contributed by atoms with Crippen molar-refractivity contribution >= 4 is 44.8 Å². The lowest BCUT2D eigenvalue weighted by Gasteiger charge is -2.02. The number of non-ortho nitro benzene ring substituents is 1. The minimum absolute atomic E-state index is 0.00272. The van der Waals surface area contributed by atoms with Crippen LogP contribution in [0.3, 0.4) is 0 Å². The molecular weight excluding hydrogens is 340 g/mol. The number of nitro benzene ring substituents is 2. The second-order valence-corrected chi connectivity index (χ2v) is 5.13. The van der Waals surface area contributed by atoms with Crippen molar-refractivity contribution in [1.29, 1.82) is 0 Å². The van der Waals surface area contributed by atoms with Gasteiger partial charge in [-0.1, -0.05) is 15.9 Å². The Kier molecular flexibility index (Phi) is 5.90. The molecule has 0 aliphatic carbocycles. The molecule has 0 aliphatic heterocycles. The maximum absolute atomic E-state index is 11.1. The van der Waals surface area contributed by atoms with E-state index in [9.17, 15) is 25.0 Å². The van der Waals surface area contributed by atoms with Crippen LogP contribution in [0.2, 0.25) is 0 Å². The Hall–Kier alpha value is -1.48. The topological polar surface area (TPSA) is 103 Å². The van der Waals surface area contributed by atoms with E-state index in [0.717, 1.165) is 17.8 Å². The Morgan fingerprint density at radius 1 is 1.26 bits per heavy atom. The number of ketones is 1. The van der Waals surface area contributed by atoms with Crippen molar-refractivity contribution in [3.05, 3.63) is 38.4 Å². The van der Waals surface area contributed by atoms with E-state index in [2.05, 4.69) is 15.9 Å². The van der Waals surface area contributed by atoms with Gasteiger partial charge in [0.05, 0.1) is 26.1 Å². The fraction of sp³-hybridized carbons (Fsp3) is 0.300. The van der Waals surface area contributed by atoms with E-state index in [1.165, 1.54) is 12.1 Å². The molecule has 0 aliphatic rings. The van der Waals surface area contributed by atoms with E-state index in [0.29, 0.717) is 10.6 Å². The Balaban J connectivity index is 2.85. The van der Waals surface area contributed by atoms with Crippen LogP contribution in [0.25, 0.3) is 0 Å². The van der Waals surface area contributed by atoms with Gasteiger partial charge < -0.3 is 0 Å². The molecule has 1 aromatic rings. The quantitative estimate of drug-likeness (QED) is 0.324. The molecule has 0 N–H and O–H groups in total. The number of Topliss-reactive ketones (excluding diaryl/α,β-unsaturated/α-hetero) is 1. The van der Waals surface area contributed by atoms with E-state index in [4.69, 9.17) is 0 Å². The van der Waals surface area contributed by atoms with Crippen LogP contribution in [0.1, 0.15) is 6.42 Å². The molecule has 0 saturated carbocycles. The lowest BCUT2D eigenvalue weighted by molar-refractivity contribution is -0.396. The number of benzene rings is 1. The van der Waals surface area contributed by atoms with Crippen LogP contribution >= 0.6 is 27.7 Å². The van der Waals surface area contributed by atoms with Crippen LogP contribution in [-0.4, -0.2) is 26.7 Å². The summed E-state index contributed by atoms with van der Waals surface area (Å²) in [7, 11) is 0. The Labute approximate surface area is 120 Å². The van der Waals surface area contributed by atoms with Gasteiger partial charge in [-0.25, -0.2) is 0 Å². The Bertz CT molecular complexity index is 523. The first-order chi connectivity index (χ1) is 8.95. The monoisotopic (exact) mass is 348 g/mol. The zero-order valence-electron chi connectivity index (χ0n) is 9.58. The molecule has 0 aromatic heterocycles. The smallest absolute Gasteiger partial charge is 0.289 e. The third kappa shape index (κ3) is 4.60. The maximum atomic E-state index is 11.1. The third-order valence-corrected chi connectivity index (χ3v) is 3.83. The van der Waals surface area contributed by atoms with Crippen LogP contribution in [0.4, 0.5) is 11.4 Å². The molecule has 0 radical (unpaired) electrons. The van der Waals surface area contributed by atoms with E-state index in [1.54, 1.807) is 0 Å². The maximum Gasteiger partial charge on any atom is 0.289 e. The molecule has 0 atom stereocenters. The number of nitro groups is 2. The summed E-state index contributed by atoms with van der Waals surface area (Å²) in [6.45, 7) is 0. The first-order valence-corrected chi connectivity index (χ1v) is 7.19. The number of nitrogens with zero attached hydrogens (tertiary/aromatic N) is 2. The van der Waals surface area contributed by atoms with Gasteiger partial charge in [0.1, 0.15) is 5.78 Å². The number of carbonyl (C=O) groups excluding carboxylic acids is 1. The molecule has 0 unspecified atom stereocenters. The number of hydrogen-bond donors (Lipinski definition) is 0. The van der Waals surface area contributed by atoms with E-state index >= 15 is 0 Å². The lowest BCUT2D eigenvalue weighted by atomic mass is 10.3. The number of rotatable bonds is 7. The highest BCUT2D eigenvalue weighted by molar-refractivity contribution is 9.09. The Morgan fingerprint density at radius 2 is 1.95 bits per heavy atom. The van der Waals surface area contributed by atoms with Crippen LogP contribution in [0.15, 0.2) is 23.1 Å². The summed E-state index contributed by atoms with van der Waals surface area (Å²) in [4.78, 5) is 31.4. The first-order valence-electron chi connectivity index (χ1n) is 5.09. The number of thioether (sulfide) groups is 1. The molecule has 0 spiro atoms. The third-order valence-electron chi connectivity index (χ3n) is 2.14. The number of carbonyl (C=O) groups is 1. The molecule has 0 bridgehead atoms. The fourth-order valence-electron chi connectivity index (χ4n) is 1.23. The summed E-state index contributed by atoms with van der Waals surface area (Å²) in [6.07, 6.45) is 0.282. The van der Waals surface area contributed by atoms with Gasteiger partial charge >= 0.3 is 0 Å². The summed E-state index contributed by atoms with van der Waals surface area (Å²) in [5, 5.41) is 21.6. The van der Waals surface area contributed by atoms with Crippen molar-refractivity contribution in [2.45, 2.75) is 11.3 Å². The van der Waals surface area contributed by atoms with Crippen molar-refractivity contribution < 1.29 is 14.6 Å². The van der Waals surface area contributed by atoms with E-state index < -0.39 is 9.85 Å². The van der Waals surface area contributed by atoms with Crippen molar-refractivity contribution in [2.24, 2.45) is 0 Å². The number of alkyl halides is 1. The van der Waals surface area contributed by atoms with Gasteiger partial charge in [0.25, 0.3) is 11.4 Å². The van der Waals surface area contributed by atoms with Crippen LogP contribution < -0.4 is 0 Å². The van der Waals surface area contributed by atoms with Gasteiger partial charge in [-0.15, -0.1) is 11.8 Å². The fourth-order valence-corrected chi connectivity index (χ4v) is 2.50. The predicted octanol–water partition coefficient (Wildman–Crippen LogP) is 2.95. The molecule has 0 amide bonds. The molecule has 0 heterocycles. The van der Waals surface area contributed by atoms with Crippen LogP contribution in [-0.2, 0) is 4.79 Å². The second-order valence-electron chi connectivity index (χ2n) is 3.44. The molecule has 9 heteroatoms. The molecule has 19 heavy (non-hydrogen) atoms. The Morgan fingerprint density at radius 3 is 2.47 bits per heavy atom. The van der Waals surface area contributed by atoms with Gasteiger partial charge in [0.2, 0.25) is 0 Å². The SMILES string of the molecule is O=C(CBr)CCSc1ccc([N+](=O)[O-])cc1[N+](=O)[O-]. The molecule has 0 fully saturated rings. The summed E-state index contributed by atoms with van der Waals surface area (Å²) < 4.78 is 0. The first kappa shape index (κ1) is 15.6. The van der Waals surface area contributed by atoms with Crippen LogP contribution in [0.5, 0.6) is 0 Å². The number of hydrogen-bond acceptors (Lipinski definition) is 6. The largest absolute Gasteiger partial charge is 0.299 e. The average Bonchev–Trinajstić information content (AvgIpc) is 2.38. The summed E-state index contributed by atoms with van der Waals surface area (Å²) >= 11 is 4.16. The molecule has 102 valence electrons. The zero-order chi connectivity index (χ0) is 14.4. The second kappa shape index (κ2) is 7.19. The van der Waals surface area contributed by atoms with E-state index in [1.807, 2.05) is 0 Å². The number of halogens is 1. The molecular formula is C10H9BrN2O5S. The normalized spacial score (nSPS) is 10.2. The molecule has 1 aromatic carbocycles. The van der Waals surface area contributed by atoms with Crippen molar-refractivity contribution in [3.63, 3.8) is 0 Å². The van der Waals surface area contributed by atoms with Gasteiger partial charge in [-0.2, -0.15) is 0 Å². The highest BCUT2D eigenvalue weighted by atomic mass is 79.9. The van der Waals surface area contributed by atoms with Crippen LogP contribution in [0, 0.1) is 20.2 Å². The predicted molar refractivity (Wildman–Crippen MR) is 73.9 cm³/mol.